The van der Waals surface area contributed by atoms with E-state index in [4.69, 9.17) is 0 Å². The van der Waals surface area contributed by atoms with E-state index in [1.807, 2.05) is 0 Å². The third kappa shape index (κ3) is 2.47. The number of benzene rings is 1. The van der Waals surface area contributed by atoms with Gasteiger partial charge in [0.25, 0.3) is 5.91 Å². The minimum absolute atomic E-state index is 0.0379. The van der Waals surface area contributed by atoms with Gasteiger partial charge in [0.2, 0.25) is 5.91 Å². The summed E-state index contributed by atoms with van der Waals surface area (Å²) in [6.45, 7) is 0.425. The number of carbonyl (C=O) groups excluding carboxylic acids is 2. The van der Waals surface area contributed by atoms with E-state index in [1.54, 1.807) is 7.05 Å². The van der Waals surface area contributed by atoms with Gasteiger partial charge in [-0.25, -0.2) is 8.78 Å². The first-order chi connectivity index (χ1) is 8.47. The van der Waals surface area contributed by atoms with Gasteiger partial charge in [0, 0.05) is 25.6 Å². The van der Waals surface area contributed by atoms with Gasteiger partial charge in [0.1, 0.15) is 0 Å². The van der Waals surface area contributed by atoms with E-state index in [1.165, 1.54) is 11.0 Å². The Morgan fingerprint density at radius 2 is 2.11 bits per heavy atom. The molecule has 0 radical (unpaired) electrons. The van der Waals surface area contributed by atoms with E-state index in [0.29, 0.717) is 6.54 Å². The summed E-state index contributed by atoms with van der Waals surface area (Å²) in [5.41, 5.74) is 0.0379. The maximum atomic E-state index is 13.0. The zero-order chi connectivity index (χ0) is 13.3. The molecule has 4 nitrogen and oxygen atoms in total. The van der Waals surface area contributed by atoms with Crippen LogP contribution in [-0.4, -0.2) is 36.3 Å². The number of likely N-dealkylation sites (N-methyl/N-ethyl adjacent to an activating group) is 1. The van der Waals surface area contributed by atoms with E-state index in [0.717, 1.165) is 12.1 Å². The lowest BCUT2D eigenvalue weighted by molar-refractivity contribution is -0.126. The number of amides is 2. The molecule has 2 rings (SSSR count). The molecule has 1 aliphatic rings. The number of rotatable bonds is 2. The van der Waals surface area contributed by atoms with Crippen molar-refractivity contribution in [1.29, 1.82) is 0 Å². The van der Waals surface area contributed by atoms with Crippen LogP contribution in [0, 0.1) is 11.6 Å². The number of nitrogens with one attached hydrogen (secondary N) is 1. The number of hydrogen-bond acceptors (Lipinski definition) is 2. The molecule has 1 N–H and O–H groups in total. The molecule has 0 spiro atoms. The first-order valence-electron chi connectivity index (χ1n) is 5.47. The zero-order valence-corrected chi connectivity index (χ0v) is 9.74. The van der Waals surface area contributed by atoms with Gasteiger partial charge < -0.3 is 10.2 Å². The van der Waals surface area contributed by atoms with E-state index < -0.39 is 17.5 Å². The molecular weight excluding hydrogens is 242 g/mol. The monoisotopic (exact) mass is 254 g/mol. The molecule has 96 valence electrons. The fourth-order valence-electron chi connectivity index (χ4n) is 1.87. The van der Waals surface area contributed by atoms with Crippen molar-refractivity contribution in [3.8, 4) is 0 Å². The van der Waals surface area contributed by atoms with E-state index in [9.17, 15) is 18.4 Å². The van der Waals surface area contributed by atoms with Gasteiger partial charge in [0.15, 0.2) is 11.6 Å². The number of hydrogen-bond donors (Lipinski definition) is 1. The summed E-state index contributed by atoms with van der Waals surface area (Å²) in [6, 6.07) is 2.65. The molecule has 1 aromatic carbocycles. The Morgan fingerprint density at radius 1 is 1.39 bits per heavy atom. The standard InChI is InChI=1S/C12H12F2N2O2/c1-16-6-8(5-11(16)17)15-12(18)7-2-3-9(13)10(14)4-7/h2-4,8H,5-6H2,1H3,(H,15,18). The molecule has 1 fully saturated rings. The quantitative estimate of drug-likeness (QED) is 0.853. The molecule has 0 aliphatic carbocycles. The number of nitrogens with zero attached hydrogens (tertiary/aromatic N) is 1. The maximum absolute atomic E-state index is 13.0. The van der Waals surface area contributed by atoms with Crippen LogP contribution in [0.3, 0.4) is 0 Å². The van der Waals surface area contributed by atoms with Crippen LogP contribution in [0.1, 0.15) is 16.8 Å². The van der Waals surface area contributed by atoms with Crippen molar-refractivity contribution in [3.05, 3.63) is 35.4 Å². The van der Waals surface area contributed by atoms with Crippen molar-refractivity contribution < 1.29 is 18.4 Å². The first-order valence-corrected chi connectivity index (χ1v) is 5.47. The second kappa shape index (κ2) is 4.72. The topological polar surface area (TPSA) is 49.4 Å². The SMILES string of the molecule is CN1CC(NC(=O)c2ccc(F)c(F)c2)CC1=O. The lowest BCUT2D eigenvalue weighted by atomic mass is 10.1. The second-order valence-electron chi connectivity index (χ2n) is 4.28. The van der Waals surface area contributed by atoms with Crippen LogP contribution in [0.4, 0.5) is 8.78 Å². The number of likely N-dealkylation sites (tertiary alicyclic amines) is 1. The minimum Gasteiger partial charge on any atom is -0.347 e. The van der Waals surface area contributed by atoms with Crippen LogP contribution in [-0.2, 0) is 4.79 Å². The summed E-state index contributed by atoms with van der Waals surface area (Å²) in [6.07, 6.45) is 0.228. The van der Waals surface area contributed by atoms with Crippen LogP contribution >= 0.6 is 0 Å². The lowest BCUT2D eigenvalue weighted by Gasteiger charge is -2.12. The van der Waals surface area contributed by atoms with Crippen LogP contribution < -0.4 is 5.32 Å². The third-order valence-corrected chi connectivity index (χ3v) is 2.86. The molecule has 1 atom stereocenters. The Bertz CT molecular complexity index is 505. The summed E-state index contributed by atoms with van der Waals surface area (Å²) in [5, 5.41) is 2.61. The van der Waals surface area contributed by atoms with E-state index in [2.05, 4.69) is 5.32 Å². The zero-order valence-electron chi connectivity index (χ0n) is 9.74. The van der Waals surface area contributed by atoms with Crippen LogP contribution in [0.2, 0.25) is 0 Å². The highest BCUT2D eigenvalue weighted by Gasteiger charge is 2.28. The number of carbonyl (C=O) groups is 2. The summed E-state index contributed by atoms with van der Waals surface area (Å²) < 4.78 is 25.7. The Kier molecular flexibility index (Phi) is 3.27. The highest BCUT2D eigenvalue weighted by atomic mass is 19.2. The molecule has 1 saturated heterocycles. The summed E-state index contributed by atoms with van der Waals surface area (Å²) in [5.74, 6) is -2.63. The summed E-state index contributed by atoms with van der Waals surface area (Å²) >= 11 is 0. The van der Waals surface area contributed by atoms with Crippen molar-refractivity contribution in [2.24, 2.45) is 0 Å². The molecule has 1 aliphatic heterocycles. The van der Waals surface area contributed by atoms with Gasteiger partial charge in [-0.3, -0.25) is 9.59 Å². The van der Waals surface area contributed by atoms with Crippen molar-refractivity contribution >= 4 is 11.8 Å². The molecule has 1 unspecified atom stereocenters. The highest BCUT2D eigenvalue weighted by molar-refractivity contribution is 5.95. The Morgan fingerprint density at radius 3 is 2.67 bits per heavy atom. The Labute approximate surface area is 103 Å². The predicted octanol–water partition coefficient (Wildman–Crippen LogP) is 0.925. The normalized spacial score (nSPS) is 19.2. The fraction of sp³-hybridized carbons (Fsp3) is 0.333. The smallest absolute Gasteiger partial charge is 0.251 e. The molecule has 0 saturated carbocycles. The average molecular weight is 254 g/mol. The van der Waals surface area contributed by atoms with Crippen molar-refractivity contribution in [3.63, 3.8) is 0 Å². The van der Waals surface area contributed by atoms with Gasteiger partial charge in [-0.05, 0) is 18.2 Å². The molecule has 0 bridgehead atoms. The molecule has 6 heteroatoms. The first kappa shape index (κ1) is 12.5. The maximum Gasteiger partial charge on any atom is 0.251 e. The molecule has 1 heterocycles. The number of halogens is 2. The third-order valence-electron chi connectivity index (χ3n) is 2.86. The molecule has 1 aromatic rings. The molecule has 18 heavy (non-hydrogen) atoms. The van der Waals surface area contributed by atoms with Gasteiger partial charge in [-0.15, -0.1) is 0 Å². The Balaban J connectivity index is 2.04. The average Bonchev–Trinajstić information content (AvgIpc) is 2.61. The Hall–Kier alpha value is -1.98. The minimum atomic E-state index is -1.07. The lowest BCUT2D eigenvalue weighted by Crippen LogP contribution is -2.36. The van der Waals surface area contributed by atoms with Crippen molar-refractivity contribution in [2.45, 2.75) is 12.5 Å². The summed E-state index contributed by atoms with van der Waals surface area (Å²) in [4.78, 5) is 24.5. The van der Waals surface area contributed by atoms with E-state index in [-0.39, 0.29) is 23.9 Å². The van der Waals surface area contributed by atoms with Gasteiger partial charge in [-0.2, -0.15) is 0 Å². The van der Waals surface area contributed by atoms with Gasteiger partial charge in [-0.1, -0.05) is 0 Å². The fourth-order valence-corrected chi connectivity index (χ4v) is 1.87. The predicted molar refractivity (Wildman–Crippen MR) is 59.9 cm³/mol. The molecular formula is C12H12F2N2O2. The molecule has 0 aromatic heterocycles. The van der Waals surface area contributed by atoms with Gasteiger partial charge in [0.05, 0.1) is 6.04 Å². The van der Waals surface area contributed by atoms with Crippen LogP contribution in [0.15, 0.2) is 18.2 Å². The van der Waals surface area contributed by atoms with Crippen molar-refractivity contribution in [2.75, 3.05) is 13.6 Å². The molecule has 2 amide bonds. The van der Waals surface area contributed by atoms with Gasteiger partial charge >= 0.3 is 0 Å². The largest absolute Gasteiger partial charge is 0.347 e. The summed E-state index contributed by atoms with van der Waals surface area (Å²) in [7, 11) is 1.64. The van der Waals surface area contributed by atoms with Crippen molar-refractivity contribution in [1.82, 2.24) is 10.2 Å². The van der Waals surface area contributed by atoms with Crippen LogP contribution in [0.5, 0.6) is 0 Å². The van der Waals surface area contributed by atoms with E-state index >= 15 is 0 Å². The second-order valence-corrected chi connectivity index (χ2v) is 4.28. The highest BCUT2D eigenvalue weighted by Crippen LogP contribution is 2.11. The van der Waals surface area contributed by atoms with Crippen LogP contribution in [0.25, 0.3) is 0 Å².